The minimum Gasteiger partial charge on any atom is -1.00 e. The maximum absolute atomic E-state index is 11.7. The number of carbonyl (C=O) groups is 1. The first-order valence-electron chi connectivity index (χ1n) is 2.50. The van der Waals surface area contributed by atoms with Crippen LogP contribution in [0.15, 0.2) is 0 Å². The molecule has 0 spiro atoms. The van der Waals surface area contributed by atoms with E-state index in [4.69, 9.17) is 5.11 Å². The first-order chi connectivity index (χ1) is 5.44. The molecule has 0 saturated heterocycles. The van der Waals surface area contributed by atoms with Gasteiger partial charge in [0.1, 0.15) is 0 Å². The SMILES string of the molecule is O=C(O)C(Br)(C(F)(F)F)C(F)(F)F.[Ca+2].[H-].[H-]. The van der Waals surface area contributed by atoms with Gasteiger partial charge in [0.2, 0.25) is 0 Å². The largest absolute Gasteiger partial charge is 2.00 e. The van der Waals surface area contributed by atoms with Crippen molar-refractivity contribution < 1.29 is 39.1 Å². The second-order valence-electron chi connectivity index (χ2n) is 1.96. The van der Waals surface area contributed by atoms with Gasteiger partial charge in [0.25, 0.3) is 0 Å². The van der Waals surface area contributed by atoms with Gasteiger partial charge in [-0.3, -0.25) is 0 Å². The summed E-state index contributed by atoms with van der Waals surface area (Å²) in [7, 11) is 0. The minimum absolute atomic E-state index is 0. The van der Waals surface area contributed by atoms with Crippen LogP contribution >= 0.6 is 15.9 Å². The smallest absolute Gasteiger partial charge is 1.00 e. The number of carboxylic acid groups (broad SMARTS) is 1. The van der Waals surface area contributed by atoms with Gasteiger partial charge in [0.05, 0.1) is 0 Å². The van der Waals surface area contributed by atoms with Gasteiger partial charge in [0, 0.05) is 0 Å². The molecule has 0 bridgehead atoms. The van der Waals surface area contributed by atoms with Gasteiger partial charge in [-0.25, -0.2) is 4.79 Å². The zero-order valence-electron chi connectivity index (χ0n) is 8.21. The molecule has 0 heterocycles. The molecule has 0 fully saturated rings. The Bertz CT molecular complexity index is 218. The van der Waals surface area contributed by atoms with Crippen LogP contribution < -0.4 is 0 Å². The Labute approximate surface area is 115 Å². The third-order valence-electron chi connectivity index (χ3n) is 1.08. The summed E-state index contributed by atoms with van der Waals surface area (Å²) in [6, 6.07) is 0. The van der Waals surface area contributed by atoms with Gasteiger partial charge in [-0.05, 0) is 0 Å². The molecule has 0 saturated carbocycles. The number of hydrogen-bond donors (Lipinski definition) is 1. The van der Waals surface area contributed by atoms with Crippen LogP contribution in [0.1, 0.15) is 2.85 Å². The average Bonchev–Trinajstić information content (AvgIpc) is 1.80. The van der Waals surface area contributed by atoms with Crippen LogP contribution in [0.3, 0.4) is 0 Å². The van der Waals surface area contributed by atoms with Crippen molar-refractivity contribution in [3.8, 4) is 0 Å². The van der Waals surface area contributed by atoms with E-state index in [2.05, 4.69) is 0 Å². The van der Waals surface area contributed by atoms with Gasteiger partial charge in [0.15, 0.2) is 0 Å². The standard InChI is InChI=1S/C4HBrF6O2.Ca.2H/c5-2(1(12)13,3(6,7)8)4(9,10)11;;;/h(H,12,13);;;/q;+2;2*-1. The Morgan fingerprint density at radius 1 is 1.07 bits per heavy atom. The van der Waals surface area contributed by atoms with E-state index >= 15 is 0 Å². The van der Waals surface area contributed by atoms with E-state index in [1.165, 1.54) is 0 Å². The molecule has 0 aliphatic rings. The molecule has 0 aromatic rings. The second-order valence-corrected chi connectivity index (χ2v) is 3.15. The van der Waals surface area contributed by atoms with Gasteiger partial charge in [-0.15, -0.1) is 0 Å². The van der Waals surface area contributed by atoms with Crippen molar-refractivity contribution in [3.63, 3.8) is 0 Å². The van der Waals surface area contributed by atoms with Crippen molar-refractivity contribution in [2.75, 3.05) is 0 Å². The van der Waals surface area contributed by atoms with Crippen LogP contribution in [0.2, 0.25) is 0 Å². The molecule has 2 nitrogen and oxygen atoms in total. The summed E-state index contributed by atoms with van der Waals surface area (Å²) in [5.41, 5.74) is 0. The fourth-order valence-electron chi connectivity index (χ4n) is 0.403. The topological polar surface area (TPSA) is 37.3 Å². The molecular formula is C4H3BrCaF6O2. The maximum Gasteiger partial charge on any atom is 2.00 e. The molecule has 0 aromatic heterocycles. The Morgan fingerprint density at radius 2 is 1.29 bits per heavy atom. The third kappa shape index (κ3) is 2.89. The Morgan fingerprint density at radius 3 is 1.29 bits per heavy atom. The molecule has 0 aliphatic heterocycles. The molecule has 0 atom stereocenters. The Hall–Kier alpha value is 0.790. The predicted octanol–water partition coefficient (Wildman–Crippen LogP) is 2.17. The van der Waals surface area contributed by atoms with E-state index in [1.54, 1.807) is 0 Å². The first kappa shape index (κ1) is 17.2. The number of carboxylic acids is 1. The van der Waals surface area contributed by atoms with Gasteiger partial charge in [-0.2, -0.15) is 26.3 Å². The summed E-state index contributed by atoms with van der Waals surface area (Å²) in [4.78, 5) is 9.83. The molecule has 0 aromatic carbocycles. The van der Waals surface area contributed by atoms with E-state index in [-0.39, 0.29) is 40.6 Å². The maximum atomic E-state index is 11.7. The number of rotatable bonds is 1. The van der Waals surface area contributed by atoms with Crippen LogP contribution in [-0.4, -0.2) is 65.5 Å². The van der Waals surface area contributed by atoms with Crippen LogP contribution in [0, 0.1) is 0 Å². The monoisotopic (exact) mass is 316 g/mol. The molecule has 10 heteroatoms. The van der Waals surface area contributed by atoms with E-state index < -0.39 is 22.6 Å². The van der Waals surface area contributed by atoms with Crippen molar-refractivity contribution in [3.05, 3.63) is 0 Å². The number of halogens is 7. The first-order valence-corrected chi connectivity index (χ1v) is 3.29. The molecule has 0 aliphatic carbocycles. The zero-order chi connectivity index (χ0) is 11.1. The summed E-state index contributed by atoms with van der Waals surface area (Å²) in [5, 5.41) is 7.82. The van der Waals surface area contributed by atoms with Crippen molar-refractivity contribution in [2.45, 2.75) is 16.7 Å². The van der Waals surface area contributed by atoms with Crippen LogP contribution in [-0.2, 0) is 4.79 Å². The van der Waals surface area contributed by atoms with Crippen molar-refractivity contribution in [1.82, 2.24) is 0 Å². The van der Waals surface area contributed by atoms with Crippen LogP contribution in [0.4, 0.5) is 26.3 Å². The predicted molar refractivity (Wildman–Crippen MR) is 39.4 cm³/mol. The summed E-state index contributed by atoms with van der Waals surface area (Å²) in [6.45, 7) is 0. The van der Waals surface area contributed by atoms with E-state index in [0.29, 0.717) is 0 Å². The van der Waals surface area contributed by atoms with E-state index in [1.807, 2.05) is 0 Å². The van der Waals surface area contributed by atoms with Crippen molar-refractivity contribution in [2.24, 2.45) is 0 Å². The number of hydrogen-bond acceptors (Lipinski definition) is 1. The molecular weight excluding hydrogens is 314 g/mol. The number of aliphatic carboxylic acids is 1. The fraction of sp³-hybridized carbons (Fsp3) is 0.750. The number of alkyl halides is 7. The normalized spacial score (nSPS) is 13.4. The second kappa shape index (κ2) is 4.75. The molecule has 1 N–H and O–H groups in total. The van der Waals surface area contributed by atoms with E-state index in [0.717, 1.165) is 15.9 Å². The Balaban J connectivity index is -0.000000240. The summed E-state index contributed by atoms with van der Waals surface area (Å²) in [5.74, 6) is -3.05. The molecule has 14 heavy (non-hydrogen) atoms. The third-order valence-corrected chi connectivity index (χ3v) is 2.31. The van der Waals surface area contributed by atoms with Crippen LogP contribution in [0.5, 0.6) is 0 Å². The van der Waals surface area contributed by atoms with Gasteiger partial charge in [-0.1, -0.05) is 15.9 Å². The Kier molecular flexibility index (Phi) is 5.83. The van der Waals surface area contributed by atoms with Crippen LogP contribution in [0.25, 0.3) is 0 Å². The fourth-order valence-corrected chi connectivity index (χ4v) is 0.403. The van der Waals surface area contributed by atoms with Crippen molar-refractivity contribution in [1.29, 1.82) is 0 Å². The molecule has 0 unspecified atom stereocenters. The van der Waals surface area contributed by atoms with Gasteiger partial charge >= 0.3 is 60.4 Å². The summed E-state index contributed by atoms with van der Waals surface area (Å²) in [6.07, 6.45) is -11.9. The molecule has 0 amide bonds. The quantitative estimate of drug-likeness (QED) is 0.457. The summed E-state index contributed by atoms with van der Waals surface area (Å²) < 4.78 is 65.3. The van der Waals surface area contributed by atoms with E-state index in [9.17, 15) is 31.1 Å². The average molecular weight is 317 g/mol. The van der Waals surface area contributed by atoms with Gasteiger partial charge < -0.3 is 7.96 Å². The molecule has 82 valence electrons. The zero-order valence-corrected chi connectivity index (χ0v) is 10.0. The molecule has 0 radical (unpaired) electrons. The van der Waals surface area contributed by atoms with Crippen molar-refractivity contribution >= 4 is 59.6 Å². The minimum atomic E-state index is -5.95. The molecule has 0 rings (SSSR count). The summed E-state index contributed by atoms with van der Waals surface area (Å²) >= 11 is 1.14.